The van der Waals surface area contributed by atoms with Gasteiger partial charge in [-0.1, -0.05) is 0 Å². The smallest absolute Gasteiger partial charge is 0.271 e. The number of hydrogen-bond acceptors (Lipinski definition) is 4. The third kappa shape index (κ3) is 3.41. The highest BCUT2D eigenvalue weighted by Gasteiger charge is 2.05. The maximum absolute atomic E-state index is 11.9. The van der Waals surface area contributed by atoms with Crippen LogP contribution in [0.15, 0.2) is 53.9 Å². The third-order valence-corrected chi connectivity index (χ3v) is 2.78. The van der Waals surface area contributed by atoms with Crippen LogP contribution in [0, 0.1) is 0 Å². The van der Waals surface area contributed by atoms with Gasteiger partial charge in [-0.25, -0.2) is 5.43 Å². The summed E-state index contributed by atoms with van der Waals surface area (Å²) in [5, 5.41) is 4.07. The molecule has 5 nitrogen and oxygen atoms in total. The van der Waals surface area contributed by atoms with E-state index in [0.29, 0.717) is 17.0 Å². The molecule has 1 aromatic heterocycles. The van der Waals surface area contributed by atoms with Crippen molar-refractivity contribution in [3.05, 3.63) is 59.9 Å². The molecule has 20 heavy (non-hydrogen) atoms. The molecule has 5 heteroatoms. The van der Waals surface area contributed by atoms with E-state index >= 15 is 0 Å². The molecule has 1 amide bonds. The number of carbonyl (C=O) groups excluding carboxylic acids is 1. The highest BCUT2D eigenvalue weighted by molar-refractivity contribution is 6.00. The Bertz CT molecular complexity index is 607. The van der Waals surface area contributed by atoms with Crippen LogP contribution >= 0.6 is 0 Å². The highest BCUT2D eigenvalue weighted by atomic mass is 16.5. The average molecular weight is 269 g/mol. The lowest BCUT2D eigenvalue weighted by molar-refractivity contribution is 0.0955. The third-order valence-electron chi connectivity index (χ3n) is 2.78. The Morgan fingerprint density at radius 2 is 1.75 bits per heavy atom. The summed E-state index contributed by atoms with van der Waals surface area (Å²) in [6.45, 7) is 1.82. The summed E-state index contributed by atoms with van der Waals surface area (Å²) < 4.78 is 5.04. The van der Waals surface area contributed by atoms with Gasteiger partial charge in [0.05, 0.1) is 12.8 Å². The maximum Gasteiger partial charge on any atom is 0.271 e. The topological polar surface area (TPSA) is 63.6 Å². The molecule has 0 radical (unpaired) electrons. The first-order chi connectivity index (χ1) is 9.70. The van der Waals surface area contributed by atoms with Crippen LogP contribution in [0.3, 0.4) is 0 Å². The fourth-order valence-electron chi connectivity index (χ4n) is 1.60. The number of hydrogen-bond donors (Lipinski definition) is 1. The molecule has 1 heterocycles. The highest BCUT2D eigenvalue weighted by Crippen LogP contribution is 2.11. The first-order valence-corrected chi connectivity index (χ1v) is 6.10. The molecule has 102 valence electrons. The first kappa shape index (κ1) is 13.7. The predicted octanol–water partition coefficient (Wildman–Crippen LogP) is 2.24. The number of ether oxygens (including phenoxy) is 1. The molecule has 1 N–H and O–H groups in total. The molecule has 2 aromatic rings. The summed E-state index contributed by atoms with van der Waals surface area (Å²) in [4.78, 5) is 15.8. The molecule has 2 rings (SSSR count). The van der Waals surface area contributed by atoms with Gasteiger partial charge in [0.15, 0.2) is 0 Å². The second-order valence-electron chi connectivity index (χ2n) is 4.10. The van der Waals surface area contributed by atoms with Gasteiger partial charge in [0.2, 0.25) is 0 Å². The molecule has 0 unspecified atom stereocenters. The van der Waals surface area contributed by atoms with Crippen molar-refractivity contribution in [2.45, 2.75) is 6.92 Å². The van der Waals surface area contributed by atoms with Crippen LogP contribution in [-0.4, -0.2) is 23.7 Å². The number of hydrazone groups is 1. The standard InChI is InChI=1S/C15H15N3O2/c1-11(12-7-9-16-10-8-12)17-18-15(19)13-3-5-14(20-2)6-4-13/h3-10H,1-2H3,(H,18,19). The molecule has 0 bridgehead atoms. The van der Waals surface area contributed by atoms with Gasteiger partial charge in [-0.3, -0.25) is 9.78 Å². The number of aromatic nitrogens is 1. The molecule has 0 saturated carbocycles. The number of carbonyl (C=O) groups is 1. The summed E-state index contributed by atoms with van der Waals surface area (Å²) in [6.07, 6.45) is 3.36. The molecular weight excluding hydrogens is 254 g/mol. The van der Waals surface area contributed by atoms with Crippen molar-refractivity contribution in [2.24, 2.45) is 5.10 Å². The Morgan fingerprint density at radius 1 is 1.10 bits per heavy atom. The molecule has 0 atom stereocenters. The SMILES string of the molecule is COc1ccc(C(=O)NN=C(C)c2ccncc2)cc1. The number of nitrogens with zero attached hydrogens (tertiary/aromatic N) is 2. The lowest BCUT2D eigenvalue weighted by Crippen LogP contribution is -2.19. The fraction of sp³-hybridized carbons (Fsp3) is 0.133. The van der Waals surface area contributed by atoms with Gasteiger partial charge in [0.1, 0.15) is 5.75 Å². The van der Waals surface area contributed by atoms with Gasteiger partial charge in [-0.05, 0) is 43.3 Å². The minimum Gasteiger partial charge on any atom is -0.497 e. The summed E-state index contributed by atoms with van der Waals surface area (Å²) in [7, 11) is 1.58. The Labute approximate surface area is 117 Å². The Hall–Kier alpha value is -2.69. The van der Waals surface area contributed by atoms with Crippen molar-refractivity contribution in [3.8, 4) is 5.75 Å². The summed E-state index contributed by atoms with van der Waals surface area (Å²) >= 11 is 0. The molecule has 0 aliphatic carbocycles. The number of rotatable bonds is 4. The monoisotopic (exact) mass is 269 g/mol. The van der Waals surface area contributed by atoms with Gasteiger partial charge >= 0.3 is 0 Å². The van der Waals surface area contributed by atoms with Crippen molar-refractivity contribution < 1.29 is 9.53 Å². The van der Waals surface area contributed by atoms with Crippen LogP contribution in [0.5, 0.6) is 5.75 Å². The summed E-state index contributed by atoms with van der Waals surface area (Å²) in [5.74, 6) is 0.444. The van der Waals surface area contributed by atoms with Crippen LogP contribution in [0.4, 0.5) is 0 Å². The molecule has 1 aromatic carbocycles. The zero-order valence-electron chi connectivity index (χ0n) is 11.3. The van der Waals surface area contributed by atoms with Crippen LogP contribution in [0.1, 0.15) is 22.8 Å². The van der Waals surface area contributed by atoms with Gasteiger partial charge in [-0.2, -0.15) is 5.10 Å². The molecular formula is C15H15N3O2. The van der Waals surface area contributed by atoms with E-state index in [4.69, 9.17) is 4.74 Å². The van der Waals surface area contributed by atoms with Crippen molar-refractivity contribution in [3.63, 3.8) is 0 Å². The molecule has 0 spiro atoms. The van der Waals surface area contributed by atoms with Crippen molar-refractivity contribution in [1.29, 1.82) is 0 Å². The Kier molecular flexibility index (Phi) is 4.44. The van der Waals surface area contributed by atoms with Crippen molar-refractivity contribution in [1.82, 2.24) is 10.4 Å². The molecule has 0 saturated heterocycles. The minimum atomic E-state index is -0.263. The quantitative estimate of drug-likeness (QED) is 0.684. The zero-order valence-corrected chi connectivity index (χ0v) is 11.3. The fourth-order valence-corrected chi connectivity index (χ4v) is 1.60. The maximum atomic E-state index is 11.9. The van der Waals surface area contributed by atoms with E-state index in [2.05, 4.69) is 15.5 Å². The number of pyridine rings is 1. The van der Waals surface area contributed by atoms with Crippen molar-refractivity contribution >= 4 is 11.6 Å². The second-order valence-corrected chi connectivity index (χ2v) is 4.10. The normalized spacial score (nSPS) is 11.0. The number of benzene rings is 1. The van der Waals surface area contributed by atoms with E-state index in [-0.39, 0.29) is 5.91 Å². The lowest BCUT2D eigenvalue weighted by Gasteiger charge is -2.04. The van der Waals surface area contributed by atoms with E-state index in [9.17, 15) is 4.79 Å². The number of methoxy groups -OCH3 is 1. The van der Waals surface area contributed by atoms with Crippen LogP contribution in [-0.2, 0) is 0 Å². The van der Waals surface area contributed by atoms with E-state index in [0.717, 1.165) is 5.56 Å². The van der Waals surface area contributed by atoms with Gasteiger partial charge in [0, 0.05) is 23.5 Å². The van der Waals surface area contributed by atoms with E-state index in [1.807, 2.05) is 19.1 Å². The van der Waals surface area contributed by atoms with E-state index in [1.165, 1.54) is 0 Å². The van der Waals surface area contributed by atoms with Crippen molar-refractivity contribution in [2.75, 3.05) is 7.11 Å². The average Bonchev–Trinajstić information content (AvgIpc) is 2.53. The van der Waals surface area contributed by atoms with Gasteiger partial charge in [-0.15, -0.1) is 0 Å². The first-order valence-electron chi connectivity index (χ1n) is 6.10. The summed E-state index contributed by atoms with van der Waals surface area (Å²) in [6, 6.07) is 10.5. The van der Waals surface area contributed by atoms with Crippen LogP contribution in [0.2, 0.25) is 0 Å². The van der Waals surface area contributed by atoms with Crippen LogP contribution < -0.4 is 10.2 Å². The van der Waals surface area contributed by atoms with E-state index < -0.39 is 0 Å². The Balaban J connectivity index is 2.04. The largest absolute Gasteiger partial charge is 0.497 e. The van der Waals surface area contributed by atoms with E-state index in [1.54, 1.807) is 43.8 Å². The predicted molar refractivity (Wildman–Crippen MR) is 76.9 cm³/mol. The molecule has 0 aliphatic heterocycles. The zero-order chi connectivity index (χ0) is 14.4. The lowest BCUT2D eigenvalue weighted by atomic mass is 10.2. The second kappa shape index (κ2) is 6.47. The molecule has 0 fully saturated rings. The minimum absolute atomic E-state index is 0.263. The van der Waals surface area contributed by atoms with Gasteiger partial charge in [0.25, 0.3) is 5.91 Å². The Morgan fingerprint density at radius 3 is 2.35 bits per heavy atom. The summed E-state index contributed by atoms with van der Waals surface area (Å²) in [5.41, 5.74) is 4.68. The number of amides is 1. The number of nitrogens with one attached hydrogen (secondary N) is 1. The van der Waals surface area contributed by atoms with Crippen LogP contribution in [0.25, 0.3) is 0 Å². The van der Waals surface area contributed by atoms with Gasteiger partial charge < -0.3 is 4.74 Å². The molecule has 0 aliphatic rings.